The average molecular weight is 250 g/mol. The van der Waals surface area contributed by atoms with Crippen molar-refractivity contribution >= 4 is 12.0 Å². The summed E-state index contributed by atoms with van der Waals surface area (Å²) in [6.07, 6.45) is -2.82. The second-order valence-electron chi connectivity index (χ2n) is 3.95. The molecule has 17 heavy (non-hydrogen) atoms. The standard InChI is InChI=1S/C9H12F2N2O4/c1-16-7(14)9(10,11)17-13-6-3-2-4-12(5-6)8(13)15/h6H,2-5H2,1H3. The van der Waals surface area contributed by atoms with E-state index >= 15 is 0 Å². The van der Waals surface area contributed by atoms with E-state index in [2.05, 4.69) is 9.57 Å². The van der Waals surface area contributed by atoms with Crippen LogP contribution >= 0.6 is 0 Å². The van der Waals surface area contributed by atoms with Gasteiger partial charge in [-0.05, 0) is 12.8 Å². The van der Waals surface area contributed by atoms with Crippen LogP contribution in [-0.2, 0) is 14.4 Å². The Labute approximate surface area is 96.0 Å². The Bertz CT molecular complexity index is 350. The number of carbonyl (C=O) groups is 2. The van der Waals surface area contributed by atoms with E-state index in [1.54, 1.807) is 0 Å². The van der Waals surface area contributed by atoms with Crippen molar-refractivity contribution in [1.29, 1.82) is 0 Å². The molecule has 2 heterocycles. The van der Waals surface area contributed by atoms with Crippen molar-refractivity contribution in [2.24, 2.45) is 0 Å². The molecule has 2 fully saturated rings. The predicted octanol–water partition coefficient (Wildman–Crippen LogP) is 0.584. The van der Waals surface area contributed by atoms with Gasteiger partial charge in [-0.2, -0.15) is 18.7 Å². The zero-order valence-corrected chi connectivity index (χ0v) is 9.19. The van der Waals surface area contributed by atoms with E-state index in [4.69, 9.17) is 0 Å². The summed E-state index contributed by atoms with van der Waals surface area (Å²) in [5.41, 5.74) is 0. The average Bonchev–Trinajstić information content (AvgIpc) is 2.52. The number of alkyl halides is 2. The van der Waals surface area contributed by atoms with E-state index in [0.29, 0.717) is 24.6 Å². The third kappa shape index (κ3) is 2.04. The van der Waals surface area contributed by atoms with E-state index in [1.165, 1.54) is 4.90 Å². The van der Waals surface area contributed by atoms with Crippen molar-refractivity contribution in [2.45, 2.75) is 25.0 Å². The van der Waals surface area contributed by atoms with E-state index in [-0.39, 0.29) is 0 Å². The third-order valence-corrected chi connectivity index (χ3v) is 2.82. The molecule has 1 atom stereocenters. The van der Waals surface area contributed by atoms with Crippen LogP contribution in [0.1, 0.15) is 12.8 Å². The van der Waals surface area contributed by atoms with Gasteiger partial charge in [0, 0.05) is 13.1 Å². The number of piperidine rings is 1. The highest BCUT2D eigenvalue weighted by Gasteiger charge is 2.51. The minimum atomic E-state index is -4.14. The molecular formula is C9H12F2N2O4. The number of esters is 1. The maximum absolute atomic E-state index is 13.2. The molecule has 0 aromatic rings. The monoisotopic (exact) mass is 250 g/mol. The molecule has 2 aliphatic rings. The normalized spacial score (nSPS) is 24.2. The van der Waals surface area contributed by atoms with Crippen molar-refractivity contribution in [3.63, 3.8) is 0 Å². The first kappa shape index (κ1) is 12.0. The lowest BCUT2D eigenvalue weighted by molar-refractivity contribution is -0.328. The molecule has 0 spiro atoms. The van der Waals surface area contributed by atoms with Gasteiger partial charge < -0.3 is 9.64 Å². The third-order valence-electron chi connectivity index (χ3n) is 2.82. The van der Waals surface area contributed by atoms with Crippen LogP contribution in [0.15, 0.2) is 0 Å². The molecule has 0 saturated carbocycles. The first-order chi connectivity index (χ1) is 7.95. The van der Waals surface area contributed by atoms with Gasteiger partial charge in [-0.3, -0.25) is 0 Å². The van der Waals surface area contributed by atoms with E-state index in [0.717, 1.165) is 13.5 Å². The van der Waals surface area contributed by atoms with Gasteiger partial charge in [-0.25, -0.2) is 9.59 Å². The number of methoxy groups -OCH3 is 1. The highest BCUT2D eigenvalue weighted by atomic mass is 19.3. The number of rotatable bonds is 3. The molecule has 2 aliphatic heterocycles. The summed E-state index contributed by atoms with van der Waals surface area (Å²) in [6, 6.07) is -1.05. The number of fused-ring (bicyclic) bond motifs is 2. The van der Waals surface area contributed by atoms with Crippen molar-refractivity contribution < 1.29 is 27.9 Å². The molecular weight excluding hydrogens is 238 g/mol. The highest BCUT2D eigenvalue weighted by molar-refractivity contribution is 5.78. The second kappa shape index (κ2) is 4.10. The number of urea groups is 1. The summed E-state index contributed by atoms with van der Waals surface area (Å²) in [4.78, 5) is 28.0. The Morgan fingerprint density at radius 2 is 2.24 bits per heavy atom. The maximum Gasteiger partial charge on any atom is 0.477 e. The van der Waals surface area contributed by atoms with Crippen LogP contribution in [0.3, 0.4) is 0 Å². The van der Waals surface area contributed by atoms with Crippen LogP contribution in [-0.4, -0.2) is 54.3 Å². The lowest BCUT2D eigenvalue weighted by atomic mass is 10.1. The largest absolute Gasteiger partial charge is 0.477 e. The fourth-order valence-electron chi connectivity index (χ4n) is 2.01. The first-order valence-electron chi connectivity index (χ1n) is 5.19. The predicted molar refractivity (Wildman–Crippen MR) is 49.9 cm³/mol. The zero-order valence-electron chi connectivity index (χ0n) is 9.19. The summed E-state index contributed by atoms with van der Waals surface area (Å²) in [7, 11) is 0.827. The van der Waals surface area contributed by atoms with Crippen molar-refractivity contribution in [3.8, 4) is 0 Å². The summed E-state index contributed by atoms with van der Waals surface area (Å²) < 4.78 is 30.3. The molecule has 6 nitrogen and oxygen atoms in total. The lowest BCUT2D eigenvalue weighted by Gasteiger charge is -2.24. The number of amides is 2. The van der Waals surface area contributed by atoms with Crippen molar-refractivity contribution in [1.82, 2.24) is 9.96 Å². The lowest BCUT2D eigenvalue weighted by Crippen LogP contribution is -2.44. The minimum Gasteiger partial charge on any atom is -0.463 e. The molecule has 2 saturated heterocycles. The van der Waals surface area contributed by atoms with Crippen LogP contribution in [0, 0.1) is 0 Å². The van der Waals surface area contributed by atoms with Gasteiger partial charge in [0.1, 0.15) is 0 Å². The quantitative estimate of drug-likeness (QED) is 0.688. The van der Waals surface area contributed by atoms with Crippen molar-refractivity contribution in [3.05, 3.63) is 0 Å². The summed E-state index contributed by atoms with van der Waals surface area (Å²) in [6.45, 7) is 0.884. The van der Waals surface area contributed by atoms with Crippen LogP contribution in [0.25, 0.3) is 0 Å². The van der Waals surface area contributed by atoms with E-state index in [9.17, 15) is 18.4 Å². The molecule has 0 N–H and O–H groups in total. The fraction of sp³-hybridized carbons (Fsp3) is 0.778. The second-order valence-corrected chi connectivity index (χ2v) is 3.95. The number of ether oxygens (including phenoxy) is 1. The summed E-state index contributed by atoms with van der Waals surface area (Å²) in [5, 5.41) is 0.587. The van der Waals surface area contributed by atoms with Crippen LogP contribution in [0.4, 0.5) is 13.6 Å². The first-order valence-corrected chi connectivity index (χ1v) is 5.19. The molecule has 1 unspecified atom stereocenters. The van der Waals surface area contributed by atoms with Gasteiger partial charge >= 0.3 is 18.1 Å². The van der Waals surface area contributed by atoms with Gasteiger partial charge in [0.25, 0.3) is 0 Å². The number of nitrogens with zero attached hydrogens (tertiary/aromatic N) is 2. The number of carbonyl (C=O) groups excluding carboxylic acids is 2. The maximum atomic E-state index is 13.2. The van der Waals surface area contributed by atoms with Crippen molar-refractivity contribution in [2.75, 3.05) is 20.2 Å². The molecule has 96 valence electrons. The number of hydrogen-bond acceptors (Lipinski definition) is 4. The molecule has 2 rings (SSSR count). The Kier molecular flexibility index (Phi) is 2.90. The molecule has 0 aromatic carbocycles. The Morgan fingerprint density at radius 3 is 2.82 bits per heavy atom. The van der Waals surface area contributed by atoms with Gasteiger partial charge in [0.2, 0.25) is 0 Å². The summed E-state index contributed by atoms with van der Waals surface area (Å²) in [5.74, 6) is -1.82. The number of halogens is 2. The van der Waals surface area contributed by atoms with E-state index < -0.39 is 24.2 Å². The summed E-state index contributed by atoms with van der Waals surface area (Å²) >= 11 is 0. The minimum absolute atomic E-state index is 0.357. The van der Waals surface area contributed by atoms with Crippen LogP contribution in [0.5, 0.6) is 0 Å². The Balaban J connectivity index is 2.08. The highest BCUT2D eigenvalue weighted by Crippen LogP contribution is 2.30. The Morgan fingerprint density at radius 1 is 1.53 bits per heavy atom. The molecule has 0 aromatic heterocycles. The Hall–Kier alpha value is -1.44. The molecule has 2 amide bonds. The van der Waals surface area contributed by atoms with Crippen LogP contribution in [0.2, 0.25) is 0 Å². The SMILES string of the molecule is COC(=O)C(F)(F)ON1C(=O)N2CCCC1C2. The molecule has 0 aliphatic carbocycles. The number of hydroxylamine groups is 2. The molecule has 8 heteroatoms. The molecule has 2 bridgehead atoms. The smallest absolute Gasteiger partial charge is 0.463 e. The molecule has 0 radical (unpaired) electrons. The van der Waals surface area contributed by atoms with Gasteiger partial charge in [0.05, 0.1) is 13.2 Å². The van der Waals surface area contributed by atoms with Gasteiger partial charge in [-0.1, -0.05) is 0 Å². The zero-order chi connectivity index (χ0) is 12.6. The number of hydrogen-bond donors (Lipinski definition) is 0. The van der Waals surface area contributed by atoms with Crippen LogP contribution < -0.4 is 0 Å². The van der Waals surface area contributed by atoms with E-state index in [1.807, 2.05) is 0 Å². The van der Waals surface area contributed by atoms with Gasteiger partial charge in [0.15, 0.2) is 0 Å². The topological polar surface area (TPSA) is 59.1 Å². The fourth-order valence-corrected chi connectivity index (χ4v) is 2.01. The van der Waals surface area contributed by atoms with Gasteiger partial charge in [-0.15, -0.1) is 0 Å².